The molecule has 0 heterocycles. The number of allylic oxidation sites excluding steroid dienone is 6. The topological polar surface area (TPSA) is 71.4 Å². The van der Waals surface area contributed by atoms with Crippen molar-refractivity contribution in [1.29, 1.82) is 0 Å². The number of hydrogen-bond acceptors (Lipinski definition) is 3. The largest absolute Gasteiger partial charge is 0.481 e. The van der Waals surface area contributed by atoms with E-state index in [1.54, 1.807) is 13.0 Å². The molecule has 0 amide bonds. The van der Waals surface area contributed by atoms with E-state index in [1.807, 2.05) is 6.92 Å². The quantitative estimate of drug-likeness (QED) is 0.389. The van der Waals surface area contributed by atoms with E-state index in [1.165, 1.54) is 0 Å². The van der Waals surface area contributed by atoms with Gasteiger partial charge >= 0.3 is 5.97 Å². The molecule has 1 N–H and O–H groups in total. The van der Waals surface area contributed by atoms with Gasteiger partial charge < -0.3 is 5.11 Å². The van der Waals surface area contributed by atoms with Gasteiger partial charge in [0.2, 0.25) is 11.6 Å². The number of fused-ring (bicyclic) bond motifs is 7. The number of carboxylic acid groups (broad SMARTS) is 1. The zero-order valence-corrected chi connectivity index (χ0v) is 21.0. The Morgan fingerprint density at radius 3 is 2.24 bits per heavy atom. The Balaban J connectivity index is 1.63. The van der Waals surface area contributed by atoms with Crippen molar-refractivity contribution in [3.05, 3.63) is 34.9 Å². The van der Waals surface area contributed by atoms with E-state index in [0.717, 1.165) is 56.1 Å². The molecule has 7 atom stereocenters. The molecule has 2 unspecified atom stereocenters. The minimum Gasteiger partial charge on any atom is -0.481 e. The highest BCUT2D eigenvalue weighted by Crippen LogP contribution is 2.75. The first kappa shape index (κ1) is 22.8. The van der Waals surface area contributed by atoms with Gasteiger partial charge in [0.1, 0.15) is 0 Å². The third-order valence-corrected chi connectivity index (χ3v) is 11.7. The first-order valence-corrected chi connectivity index (χ1v) is 12.7. The molecule has 0 radical (unpaired) electrons. The fourth-order valence-electron chi connectivity index (χ4n) is 8.99. The minimum absolute atomic E-state index is 0.00219. The standard InChI is InChI=1S/C29H38O4/c1-17-18-7-8-21-27(4,19(18)15-20(30)23(17)31)12-14-29(6)22-16-26(3,24(32)33)10-9-25(22,2)11-13-28(21,29)5/h7-8,15,21-22H,9-14,16H2,1-6H3,(H,32,33)/t21?,22?,25-,26-,27+,28-,29+/m1/s1. The Morgan fingerprint density at radius 1 is 0.939 bits per heavy atom. The average Bonchev–Trinajstić information content (AvgIpc) is 2.75. The van der Waals surface area contributed by atoms with Crippen LogP contribution in [-0.2, 0) is 14.4 Å². The molecule has 3 fully saturated rings. The number of Topliss-reactive ketones (excluding diaryl/α,β-unsaturated/α-hetero) is 1. The third-order valence-electron chi connectivity index (χ3n) is 11.7. The third kappa shape index (κ3) is 2.67. The van der Waals surface area contributed by atoms with Crippen molar-refractivity contribution in [3.8, 4) is 0 Å². The van der Waals surface area contributed by atoms with Crippen LogP contribution in [0.2, 0.25) is 0 Å². The highest BCUT2D eigenvalue weighted by Gasteiger charge is 2.68. The summed E-state index contributed by atoms with van der Waals surface area (Å²) >= 11 is 0. The molecule has 5 rings (SSSR count). The van der Waals surface area contributed by atoms with Crippen molar-refractivity contribution in [2.24, 2.45) is 38.9 Å². The van der Waals surface area contributed by atoms with Crippen molar-refractivity contribution < 1.29 is 19.5 Å². The molecule has 0 aromatic carbocycles. The van der Waals surface area contributed by atoms with Crippen LogP contribution in [0.4, 0.5) is 0 Å². The number of rotatable bonds is 1. The Bertz CT molecular complexity index is 1080. The van der Waals surface area contributed by atoms with E-state index in [-0.39, 0.29) is 39.1 Å². The van der Waals surface area contributed by atoms with Gasteiger partial charge in [0, 0.05) is 11.0 Å². The Kier molecular flexibility index (Phi) is 4.55. The van der Waals surface area contributed by atoms with Crippen molar-refractivity contribution >= 4 is 17.5 Å². The van der Waals surface area contributed by atoms with Gasteiger partial charge in [-0.2, -0.15) is 0 Å². The molecule has 4 nitrogen and oxygen atoms in total. The molecule has 3 saturated carbocycles. The van der Waals surface area contributed by atoms with Crippen molar-refractivity contribution in [2.75, 3.05) is 0 Å². The summed E-state index contributed by atoms with van der Waals surface area (Å²) in [5, 5.41) is 10.1. The predicted octanol–water partition coefficient (Wildman–Crippen LogP) is 6.07. The molecule has 0 aromatic rings. The number of hydrogen-bond donors (Lipinski definition) is 1. The highest BCUT2D eigenvalue weighted by atomic mass is 16.4. The van der Waals surface area contributed by atoms with Crippen molar-refractivity contribution in [2.45, 2.75) is 86.5 Å². The van der Waals surface area contributed by atoms with Gasteiger partial charge in [0.25, 0.3) is 0 Å². The van der Waals surface area contributed by atoms with E-state index in [9.17, 15) is 19.5 Å². The van der Waals surface area contributed by atoms with Crippen LogP contribution < -0.4 is 0 Å². The summed E-state index contributed by atoms with van der Waals surface area (Å²) in [4.78, 5) is 37.1. The minimum atomic E-state index is -0.653. The van der Waals surface area contributed by atoms with Crippen molar-refractivity contribution in [3.63, 3.8) is 0 Å². The lowest BCUT2D eigenvalue weighted by molar-refractivity contribution is -0.209. The van der Waals surface area contributed by atoms with Crippen LogP contribution in [0, 0.1) is 38.9 Å². The monoisotopic (exact) mass is 450 g/mol. The maximum Gasteiger partial charge on any atom is 0.309 e. The smallest absolute Gasteiger partial charge is 0.309 e. The average molecular weight is 451 g/mol. The van der Waals surface area contributed by atoms with E-state index >= 15 is 0 Å². The summed E-state index contributed by atoms with van der Waals surface area (Å²) in [6, 6.07) is 0. The number of carbonyl (C=O) groups is 3. The van der Waals surface area contributed by atoms with Gasteiger partial charge in [-0.1, -0.05) is 39.8 Å². The molecular formula is C29H38O4. The van der Waals surface area contributed by atoms with E-state index in [0.29, 0.717) is 11.5 Å². The Hall–Kier alpha value is -1.97. The second kappa shape index (κ2) is 6.58. The van der Waals surface area contributed by atoms with E-state index in [2.05, 4.69) is 39.8 Å². The summed E-state index contributed by atoms with van der Waals surface area (Å²) in [6.07, 6.45) is 12.8. The number of carboxylic acids is 1. The predicted molar refractivity (Wildman–Crippen MR) is 127 cm³/mol. The normalized spacial score (nSPS) is 49.0. The Labute approximate surface area is 197 Å². The number of ketones is 2. The van der Waals surface area contributed by atoms with Crippen LogP contribution in [0.3, 0.4) is 0 Å². The molecule has 5 aliphatic carbocycles. The van der Waals surface area contributed by atoms with Crippen LogP contribution in [0.15, 0.2) is 34.9 Å². The van der Waals surface area contributed by atoms with Crippen LogP contribution in [0.1, 0.15) is 86.5 Å². The zero-order valence-electron chi connectivity index (χ0n) is 21.0. The van der Waals surface area contributed by atoms with Gasteiger partial charge in [-0.3, -0.25) is 14.4 Å². The maximum absolute atomic E-state index is 12.5. The summed E-state index contributed by atoms with van der Waals surface area (Å²) in [6.45, 7) is 13.3. The molecule has 0 spiro atoms. The highest BCUT2D eigenvalue weighted by molar-refractivity contribution is 6.48. The molecule has 5 aliphatic rings. The van der Waals surface area contributed by atoms with Crippen LogP contribution >= 0.6 is 0 Å². The van der Waals surface area contributed by atoms with Gasteiger partial charge in [-0.25, -0.2) is 0 Å². The van der Waals surface area contributed by atoms with Crippen LogP contribution in [0.5, 0.6) is 0 Å². The fraction of sp³-hybridized carbons (Fsp3) is 0.690. The van der Waals surface area contributed by atoms with Gasteiger partial charge in [-0.05, 0) is 104 Å². The van der Waals surface area contributed by atoms with Crippen LogP contribution in [0.25, 0.3) is 0 Å². The lowest BCUT2D eigenvalue weighted by Crippen LogP contribution is -2.64. The molecule has 0 aromatic heterocycles. The lowest BCUT2D eigenvalue weighted by atomic mass is 9.33. The number of carbonyl (C=O) groups excluding carboxylic acids is 2. The summed E-state index contributed by atoms with van der Waals surface area (Å²) in [5.74, 6) is -0.801. The summed E-state index contributed by atoms with van der Waals surface area (Å²) in [7, 11) is 0. The SMILES string of the molecule is CC1=C2C=CC3[C@@](C)(CC[C@@]4(C)C5C[C@](C)(C(=O)O)CC[C@]5(C)CC[C@]34C)C2=CC(=O)C1=O. The zero-order chi connectivity index (χ0) is 24.2. The summed E-state index contributed by atoms with van der Waals surface area (Å²) < 4.78 is 0. The molecule has 33 heavy (non-hydrogen) atoms. The fourth-order valence-corrected chi connectivity index (χ4v) is 8.99. The van der Waals surface area contributed by atoms with E-state index in [4.69, 9.17) is 0 Å². The van der Waals surface area contributed by atoms with Gasteiger partial charge in [0.05, 0.1) is 5.41 Å². The summed E-state index contributed by atoms with van der Waals surface area (Å²) in [5.41, 5.74) is 1.94. The number of aliphatic carboxylic acids is 1. The second-order valence-corrected chi connectivity index (χ2v) is 13.2. The molecular weight excluding hydrogens is 412 g/mol. The van der Waals surface area contributed by atoms with Gasteiger partial charge in [-0.15, -0.1) is 0 Å². The van der Waals surface area contributed by atoms with Gasteiger partial charge in [0.15, 0.2) is 0 Å². The van der Waals surface area contributed by atoms with Crippen molar-refractivity contribution in [1.82, 2.24) is 0 Å². The molecule has 178 valence electrons. The first-order valence-electron chi connectivity index (χ1n) is 12.7. The van der Waals surface area contributed by atoms with E-state index < -0.39 is 11.4 Å². The Morgan fingerprint density at radius 2 is 1.58 bits per heavy atom. The second-order valence-electron chi connectivity index (χ2n) is 13.2. The lowest BCUT2D eigenvalue weighted by Gasteiger charge is -2.71. The molecule has 4 heteroatoms. The molecule has 0 saturated heterocycles. The maximum atomic E-state index is 12.5. The molecule has 0 aliphatic heterocycles. The first-order chi connectivity index (χ1) is 15.2. The van der Waals surface area contributed by atoms with Crippen LogP contribution in [-0.4, -0.2) is 22.6 Å². The molecule has 0 bridgehead atoms.